The van der Waals surface area contributed by atoms with Gasteiger partial charge >= 0.3 is 5.69 Å². The van der Waals surface area contributed by atoms with Gasteiger partial charge in [-0.1, -0.05) is 23.7 Å². The minimum absolute atomic E-state index is 0.0549. The molecule has 0 spiro atoms. The van der Waals surface area contributed by atoms with Crippen LogP contribution in [0.3, 0.4) is 0 Å². The van der Waals surface area contributed by atoms with Gasteiger partial charge in [0.2, 0.25) is 5.82 Å². The summed E-state index contributed by atoms with van der Waals surface area (Å²) in [6.45, 7) is 1.75. The molecule has 0 aliphatic carbocycles. The van der Waals surface area contributed by atoms with E-state index in [1.165, 1.54) is 24.3 Å². The van der Waals surface area contributed by atoms with Crippen LogP contribution in [0.4, 0.5) is 15.9 Å². The minimum atomic E-state index is -0.552. The zero-order valence-corrected chi connectivity index (χ0v) is 11.3. The predicted molar refractivity (Wildman–Crippen MR) is 74.3 cm³/mol. The molecular weight excluding hydrogens is 285 g/mol. The minimum Gasteiger partial charge on any atom is -0.358 e. The first-order chi connectivity index (χ1) is 9.47. The van der Waals surface area contributed by atoms with Crippen molar-refractivity contribution in [1.29, 1.82) is 0 Å². The SMILES string of the molecule is CC(Nc1nc(Cl)ccc1[N+](=O)[O-])c1cccc(F)c1. The summed E-state index contributed by atoms with van der Waals surface area (Å²) in [5.41, 5.74) is 0.471. The van der Waals surface area contributed by atoms with E-state index in [0.717, 1.165) is 0 Å². The molecule has 0 fully saturated rings. The Morgan fingerprint density at radius 2 is 2.15 bits per heavy atom. The van der Waals surface area contributed by atoms with Crippen LogP contribution in [-0.2, 0) is 0 Å². The molecule has 0 aliphatic rings. The summed E-state index contributed by atoms with van der Waals surface area (Å²) in [7, 11) is 0. The molecule has 7 heteroatoms. The fourth-order valence-electron chi connectivity index (χ4n) is 1.75. The molecule has 1 unspecified atom stereocenters. The molecule has 0 saturated heterocycles. The number of nitro groups is 1. The summed E-state index contributed by atoms with van der Waals surface area (Å²) >= 11 is 5.74. The molecule has 104 valence electrons. The molecule has 0 saturated carbocycles. The predicted octanol–water partition coefficient (Wildman–Crippen LogP) is 3.96. The van der Waals surface area contributed by atoms with Crippen molar-refractivity contribution in [2.45, 2.75) is 13.0 Å². The highest BCUT2D eigenvalue weighted by atomic mass is 35.5. The van der Waals surface area contributed by atoms with E-state index in [0.29, 0.717) is 5.56 Å². The van der Waals surface area contributed by atoms with Crippen molar-refractivity contribution < 1.29 is 9.31 Å². The molecule has 0 aliphatic heterocycles. The van der Waals surface area contributed by atoms with E-state index < -0.39 is 4.92 Å². The van der Waals surface area contributed by atoms with E-state index in [9.17, 15) is 14.5 Å². The van der Waals surface area contributed by atoms with Crippen LogP contribution in [-0.4, -0.2) is 9.91 Å². The van der Waals surface area contributed by atoms with Crippen LogP contribution >= 0.6 is 11.6 Å². The van der Waals surface area contributed by atoms with E-state index in [-0.39, 0.29) is 28.5 Å². The van der Waals surface area contributed by atoms with Gasteiger partial charge in [0, 0.05) is 6.07 Å². The molecule has 0 radical (unpaired) electrons. The van der Waals surface area contributed by atoms with Crippen LogP contribution < -0.4 is 5.32 Å². The van der Waals surface area contributed by atoms with Crippen molar-refractivity contribution in [2.75, 3.05) is 5.32 Å². The van der Waals surface area contributed by atoms with Crippen LogP contribution in [0.1, 0.15) is 18.5 Å². The number of nitrogens with zero attached hydrogens (tertiary/aromatic N) is 2. The standard InChI is InChI=1S/C13H11ClFN3O2/c1-8(9-3-2-4-10(15)7-9)16-13-11(18(19)20)5-6-12(14)17-13/h2-8H,1H3,(H,16,17). The Morgan fingerprint density at radius 1 is 1.40 bits per heavy atom. The number of nitrogens with one attached hydrogen (secondary N) is 1. The van der Waals surface area contributed by atoms with Gasteiger partial charge in [-0.3, -0.25) is 10.1 Å². The van der Waals surface area contributed by atoms with Crippen molar-refractivity contribution in [3.05, 3.63) is 63.0 Å². The quantitative estimate of drug-likeness (QED) is 0.527. The van der Waals surface area contributed by atoms with Crippen molar-refractivity contribution in [3.8, 4) is 0 Å². The van der Waals surface area contributed by atoms with Gasteiger partial charge in [-0.05, 0) is 30.7 Å². The molecule has 1 aromatic carbocycles. The van der Waals surface area contributed by atoms with Gasteiger partial charge in [0.15, 0.2) is 0 Å². The lowest BCUT2D eigenvalue weighted by molar-refractivity contribution is -0.384. The van der Waals surface area contributed by atoms with Crippen LogP contribution in [0.2, 0.25) is 5.15 Å². The summed E-state index contributed by atoms with van der Waals surface area (Å²) in [5, 5.41) is 13.9. The molecule has 1 aromatic heterocycles. The summed E-state index contributed by atoms with van der Waals surface area (Å²) in [5.74, 6) is -0.316. The van der Waals surface area contributed by atoms with Crippen LogP contribution in [0.5, 0.6) is 0 Å². The van der Waals surface area contributed by atoms with Gasteiger partial charge in [0.1, 0.15) is 11.0 Å². The Bertz CT molecular complexity index is 651. The summed E-state index contributed by atoms with van der Waals surface area (Å²) in [6.07, 6.45) is 0. The Balaban J connectivity index is 2.29. The third-order valence-electron chi connectivity index (χ3n) is 2.74. The lowest BCUT2D eigenvalue weighted by Gasteiger charge is -2.15. The summed E-state index contributed by atoms with van der Waals surface area (Å²) in [4.78, 5) is 14.3. The number of anilines is 1. The number of rotatable bonds is 4. The molecule has 0 bridgehead atoms. The highest BCUT2D eigenvalue weighted by molar-refractivity contribution is 6.29. The molecule has 2 rings (SSSR count). The molecule has 20 heavy (non-hydrogen) atoms. The average molecular weight is 296 g/mol. The normalized spacial score (nSPS) is 11.9. The maximum Gasteiger partial charge on any atom is 0.311 e. The van der Waals surface area contributed by atoms with E-state index in [1.807, 2.05) is 0 Å². The van der Waals surface area contributed by atoms with Crippen molar-refractivity contribution in [2.24, 2.45) is 0 Å². The maximum absolute atomic E-state index is 13.2. The third kappa shape index (κ3) is 3.21. The average Bonchev–Trinajstić information content (AvgIpc) is 2.38. The number of pyridine rings is 1. The van der Waals surface area contributed by atoms with Gasteiger partial charge in [-0.15, -0.1) is 0 Å². The molecule has 0 amide bonds. The van der Waals surface area contributed by atoms with E-state index >= 15 is 0 Å². The van der Waals surface area contributed by atoms with Crippen LogP contribution in [0, 0.1) is 15.9 Å². The monoisotopic (exact) mass is 295 g/mol. The Morgan fingerprint density at radius 3 is 2.80 bits per heavy atom. The molecule has 2 aromatic rings. The molecule has 1 atom stereocenters. The second-order valence-electron chi connectivity index (χ2n) is 4.18. The van der Waals surface area contributed by atoms with Crippen molar-refractivity contribution >= 4 is 23.1 Å². The van der Waals surface area contributed by atoms with Crippen molar-refractivity contribution in [3.63, 3.8) is 0 Å². The first-order valence-corrected chi connectivity index (χ1v) is 6.18. The number of halogens is 2. The van der Waals surface area contributed by atoms with E-state index in [2.05, 4.69) is 10.3 Å². The van der Waals surface area contributed by atoms with Crippen LogP contribution in [0.25, 0.3) is 0 Å². The topological polar surface area (TPSA) is 68.1 Å². The summed E-state index contributed by atoms with van der Waals surface area (Å²) < 4.78 is 13.2. The molecule has 1 N–H and O–H groups in total. The highest BCUT2D eigenvalue weighted by Gasteiger charge is 2.18. The van der Waals surface area contributed by atoms with Gasteiger partial charge in [-0.25, -0.2) is 9.37 Å². The van der Waals surface area contributed by atoms with Gasteiger partial charge in [0.05, 0.1) is 11.0 Å². The van der Waals surface area contributed by atoms with E-state index in [1.54, 1.807) is 19.1 Å². The molecular formula is C13H11ClFN3O2. The molecule has 1 heterocycles. The highest BCUT2D eigenvalue weighted by Crippen LogP contribution is 2.27. The summed E-state index contributed by atoms with van der Waals surface area (Å²) in [6, 6.07) is 8.24. The van der Waals surface area contributed by atoms with Crippen molar-refractivity contribution in [1.82, 2.24) is 4.98 Å². The number of hydrogen-bond acceptors (Lipinski definition) is 4. The zero-order chi connectivity index (χ0) is 14.7. The first kappa shape index (κ1) is 14.2. The number of aromatic nitrogens is 1. The van der Waals surface area contributed by atoms with Gasteiger partial charge < -0.3 is 5.32 Å². The smallest absolute Gasteiger partial charge is 0.311 e. The number of benzene rings is 1. The fraction of sp³-hybridized carbons (Fsp3) is 0.154. The fourth-order valence-corrected chi connectivity index (χ4v) is 1.89. The lowest BCUT2D eigenvalue weighted by atomic mass is 10.1. The number of hydrogen-bond donors (Lipinski definition) is 1. The maximum atomic E-state index is 13.2. The largest absolute Gasteiger partial charge is 0.358 e. The zero-order valence-electron chi connectivity index (χ0n) is 10.5. The Labute approximate surface area is 119 Å². The Kier molecular flexibility index (Phi) is 4.14. The van der Waals surface area contributed by atoms with Gasteiger partial charge in [0.25, 0.3) is 0 Å². The van der Waals surface area contributed by atoms with Crippen LogP contribution in [0.15, 0.2) is 36.4 Å². The Hall–Kier alpha value is -2.21. The lowest BCUT2D eigenvalue weighted by Crippen LogP contribution is -2.10. The third-order valence-corrected chi connectivity index (χ3v) is 2.95. The van der Waals surface area contributed by atoms with E-state index in [4.69, 9.17) is 11.6 Å². The van der Waals surface area contributed by atoms with Gasteiger partial charge in [-0.2, -0.15) is 0 Å². The second-order valence-corrected chi connectivity index (χ2v) is 4.57. The second kappa shape index (κ2) is 5.83. The first-order valence-electron chi connectivity index (χ1n) is 5.80. The molecule has 5 nitrogen and oxygen atoms in total.